The number of amides is 1. The second-order valence-electron chi connectivity index (χ2n) is 8.74. The molecule has 40 heavy (non-hydrogen) atoms. The summed E-state index contributed by atoms with van der Waals surface area (Å²) in [6.07, 6.45) is 0.268. The maximum absolute atomic E-state index is 12.1. The van der Waals surface area contributed by atoms with E-state index in [1.54, 1.807) is 55.5 Å². The standard InChI is InChI=1S/C27H27Cl2N7O4/c1-14-33-25(35-20-5-3-2-4-17(20)27(38)39)23(26(34-14)36-21(10-11-30)24(31)37)32-13-16-7-9-22(40-16)18-12-15(28)6-8-19(18)29/h2-9,12,21,32H,10-11,13,30H2,1H3,(H2,31,37)(H,38,39)(H2,33,34,35,36). The fourth-order valence-electron chi connectivity index (χ4n) is 3.94. The summed E-state index contributed by atoms with van der Waals surface area (Å²) in [5.74, 6) is 0.245. The fraction of sp³-hybridized carbons (Fsp3) is 0.185. The van der Waals surface area contributed by atoms with Crippen molar-refractivity contribution < 1.29 is 19.1 Å². The topological polar surface area (TPSA) is 181 Å². The molecule has 0 aliphatic heterocycles. The molecule has 1 atom stereocenters. The summed E-state index contributed by atoms with van der Waals surface area (Å²) in [6.45, 7) is 2.05. The minimum atomic E-state index is -1.11. The van der Waals surface area contributed by atoms with Crippen LogP contribution in [0.1, 0.15) is 28.4 Å². The summed E-state index contributed by atoms with van der Waals surface area (Å²) in [4.78, 5) is 32.8. The van der Waals surface area contributed by atoms with E-state index >= 15 is 0 Å². The molecule has 0 aliphatic rings. The van der Waals surface area contributed by atoms with Gasteiger partial charge >= 0.3 is 5.97 Å². The molecule has 13 heteroatoms. The van der Waals surface area contributed by atoms with Crippen molar-refractivity contribution in [3.05, 3.63) is 81.8 Å². The highest BCUT2D eigenvalue weighted by atomic mass is 35.5. The molecule has 0 bridgehead atoms. The average molecular weight is 584 g/mol. The van der Waals surface area contributed by atoms with Crippen LogP contribution in [0.4, 0.5) is 23.0 Å². The number of carboxylic acid groups (broad SMARTS) is 1. The van der Waals surface area contributed by atoms with Crippen LogP contribution >= 0.6 is 23.2 Å². The van der Waals surface area contributed by atoms with E-state index in [0.717, 1.165) is 0 Å². The molecule has 0 saturated heterocycles. The number of hydrogen-bond acceptors (Lipinski definition) is 9. The zero-order chi connectivity index (χ0) is 28.8. The molecular weight excluding hydrogens is 557 g/mol. The molecule has 11 nitrogen and oxygen atoms in total. The molecular formula is C27H27Cl2N7O4. The first-order valence-electron chi connectivity index (χ1n) is 12.2. The van der Waals surface area contributed by atoms with Gasteiger partial charge in [-0.05, 0) is 62.4 Å². The van der Waals surface area contributed by atoms with E-state index < -0.39 is 17.9 Å². The second kappa shape index (κ2) is 12.7. The van der Waals surface area contributed by atoms with Crippen LogP contribution in [0.3, 0.4) is 0 Å². The zero-order valence-electron chi connectivity index (χ0n) is 21.4. The Kier molecular flexibility index (Phi) is 9.10. The number of rotatable bonds is 12. The van der Waals surface area contributed by atoms with Gasteiger partial charge in [-0.15, -0.1) is 0 Å². The smallest absolute Gasteiger partial charge is 0.337 e. The van der Waals surface area contributed by atoms with Crippen LogP contribution in [-0.4, -0.2) is 39.5 Å². The number of carbonyl (C=O) groups is 2. The normalized spacial score (nSPS) is 11.6. The summed E-state index contributed by atoms with van der Waals surface area (Å²) >= 11 is 12.5. The highest BCUT2D eigenvalue weighted by Crippen LogP contribution is 2.34. The number of nitrogens with zero attached hydrogens (tertiary/aromatic N) is 2. The number of carbonyl (C=O) groups excluding carboxylic acids is 1. The van der Waals surface area contributed by atoms with Gasteiger partial charge < -0.3 is 36.9 Å². The minimum absolute atomic E-state index is 0.0476. The number of halogens is 2. The van der Waals surface area contributed by atoms with Crippen molar-refractivity contribution in [3.63, 3.8) is 0 Å². The highest BCUT2D eigenvalue weighted by Gasteiger charge is 2.22. The van der Waals surface area contributed by atoms with Gasteiger partial charge in [-0.25, -0.2) is 14.8 Å². The molecule has 0 aliphatic carbocycles. The summed E-state index contributed by atoms with van der Waals surface area (Å²) in [6, 6.07) is 14.2. The van der Waals surface area contributed by atoms with Crippen molar-refractivity contribution in [2.45, 2.75) is 25.9 Å². The Morgan fingerprint density at radius 1 is 1.07 bits per heavy atom. The van der Waals surface area contributed by atoms with Crippen LogP contribution < -0.4 is 27.4 Å². The number of primary amides is 1. The largest absolute Gasteiger partial charge is 0.478 e. The van der Waals surface area contributed by atoms with Gasteiger partial charge in [0.15, 0.2) is 11.6 Å². The average Bonchev–Trinajstić information content (AvgIpc) is 3.38. The predicted molar refractivity (Wildman–Crippen MR) is 155 cm³/mol. The number of nitrogens with two attached hydrogens (primary N) is 2. The number of aryl methyl sites for hydroxylation is 1. The quantitative estimate of drug-likeness (QED) is 0.132. The number of hydrogen-bond donors (Lipinski definition) is 6. The third kappa shape index (κ3) is 6.81. The predicted octanol–water partition coefficient (Wildman–Crippen LogP) is 5.02. The third-order valence-corrected chi connectivity index (χ3v) is 6.40. The lowest BCUT2D eigenvalue weighted by Crippen LogP contribution is -2.37. The van der Waals surface area contributed by atoms with Crippen LogP contribution in [0.15, 0.2) is 59.0 Å². The lowest BCUT2D eigenvalue weighted by molar-refractivity contribution is -0.118. The number of aromatic carboxylic acids is 1. The van der Waals surface area contributed by atoms with Gasteiger partial charge in [0.05, 0.1) is 22.8 Å². The molecule has 208 valence electrons. The van der Waals surface area contributed by atoms with E-state index in [2.05, 4.69) is 25.9 Å². The van der Waals surface area contributed by atoms with E-state index in [0.29, 0.717) is 44.3 Å². The molecule has 0 fully saturated rings. The molecule has 4 aromatic rings. The maximum Gasteiger partial charge on any atom is 0.337 e. The number of anilines is 4. The Morgan fingerprint density at radius 2 is 1.82 bits per heavy atom. The summed E-state index contributed by atoms with van der Waals surface area (Å²) in [5, 5.41) is 20.0. The van der Waals surface area contributed by atoms with E-state index in [4.69, 9.17) is 39.1 Å². The summed E-state index contributed by atoms with van der Waals surface area (Å²) in [5.41, 5.74) is 12.6. The summed E-state index contributed by atoms with van der Waals surface area (Å²) < 4.78 is 6.00. The number of benzene rings is 2. The van der Waals surface area contributed by atoms with Crippen LogP contribution in [0.2, 0.25) is 10.0 Å². The molecule has 8 N–H and O–H groups in total. The molecule has 0 spiro atoms. The first-order valence-corrected chi connectivity index (χ1v) is 12.9. The summed E-state index contributed by atoms with van der Waals surface area (Å²) in [7, 11) is 0. The Morgan fingerprint density at radius 3 is 2.55 bits per heavy atom. The Bertz CT molecular complexity index is 1540. The third-order valence-electron chi connectivity index (χ3n) is 5.84. The Hall–Kier alpha value is -4.32. The number of aromatic nitrogens is 2. The zero-order valence-corrected chi connectivity index (χ0v) is 22.9. The minimum Gasteiger partial charge on any atom is -0.478 e. The number of furan rings is 1. The van der Waals surface area contributed by atoms with E-state index in [1.165, 1.54) is 6.07 Å². The van der Waals surface area contributed by atoms with Crippen molar-refractivity contribution in [1.29, 1.82) is 0 Å². The SMILES string of the molecule is Cc1nc(Nc2ccccc2C(=O)O)c(NCc2ccc(-c3cc(Cl)ccc3Cl)o2)c(NC(CCN)C(N)=O)n1. The van der Waals surface area contributed by atoms with E-state index in [-0.39, 0.29) is 36.7 Å². The van der Waals surface area contributed by atoms with Crippen LogP contribution in [-0.2, 0) is 11.3 Å². The molecule has 0 saturated carbocycles. The van der Waals surface area contributed by atoms with Gasteiger partial charge in [0, 0.05) is 10.6 Å². The van der Waals surface area contributed by atoms with Crippen molar-refractivity contribution in [2.24, 2.45) is 11.5 Å². The van der Waals surface area contributed by atoms with E-state index in [1.807, 2.05) is 0 Å². The van der Waals surface area contributed by atoms with Crippen LogP contribution in [0.5, 0.6) is 0 Å². The molecule has 1 unspecified atom stereocenters. The van der Waals surface area contributed by atoms with Crippen LogP contribution in [0, 0.1) is 6.92 Å². The molecule has 2 aromatic carbocycles. The van der Waals surface area contributed by atoms with E-state index in [9.17, 15) is 14.7 Å². The number of carboxylic acids is 1. The first-order chi connectivity index (χ1) is 19.2. The van der Waals surface area contributed by atoms with Gasteiger partial charge in [-0.1, -0.05) is 35.3 Å². The molecule has 4 rings (SSSR count). The van der Waals surface area contributed by atoms with Gasteiger partial charge in [0.25, 0.3) is 0 Å². The van der Waals surface area contributed by atoms with Crippen LogP contribution in [0.25, 0.3) is 11.3 Å². The highest BCUT2D eigenvalue weighted by molar-refractivity contribution is 6.35. The Labute approximate surface area is 239 Å². The monoisotopic (exact) mass is 583 g/mol. The van der Waals surface area contributed by atoms with Crippen molar-refractivity contribution in [1.82, 2.24) is 9.97 Å². The fourth-order valence-corrected chi connectivity index (χ4v) is 4.32. The molecule has 1 amide bonds. The van der Waals surface area contributed by atoms with Gasteiger partial charge in [0.2, 0.25) is 5.91 Å². The van der Waals surface area contributed by atoms with Gasteiger partial charge in [-0.2, -0.15) is 0 Å². The van der Waals surface area contributed by atoms with Crippen molar-refractivity contribution in [3.8, 4) is 11.3 Å². The second-order valence-corrected chi connectivity index (χ2v) is 9.58. The first kappa shape index (κ1) is 28.7. The number of nitrogens with one attached hydrogen (secondary N) is 3. The van der Waals surface area contributed by atoms with Gasteiger partial charge in [0.1, 0.15) is 29.1 Å². The number of para-hydroxylation sites is 1. The lowest BCUT2D eigenvalue weighted by atomic mass is 10.1. The maximum atomic E-state index is 12.1. The lowest BCUT2D eigenvalue weighted by Gasteiger charge is -2.21. The van der Waals surface area contributed by atoms with Crippen molar-refractivity contribution in [2.75, 3.05) is 22.5 Å². The Balaban J connectivity index is 1.70. The van der Waals surface area contributed by atoms with Crippen molar-refractivity contribution >= 4 is 58.1 Å². The molecule has 2 heterocycles. The van der Waals surface area contributed by atoms with Gasteiger partial charge in [-0.3, -0.25) is 4.79 Å². The molecule has 2 aromatic heterocycles. The molecule has 0 radical (unpaired) electrons.